The summed E-state index contributed by atoms with van der Waals surface area (Å²) >= 11 is 0. The third-order valence-corrected chi connectivity index (χ3v) is 8.38. The van der Waals surface area contributed by atoms with Gasteiger partial charge in [-0.15, -0.1) is 5.10 Å². The van der Waals surface area contributed by atoms with Crippen LogP contribution in [0, 0.1) is 5.92 Å². The first-order valence-electron chi connectivity index (χ1n) is 13.9. The number of hydrogen-bond donors (Lipinski definition) is 2. The van der Waals surface area contributed by atoms with Gasteiger partial charge < -0.3 is 14.9 Å². The van der Waals surface area contributed by atoms with Crippen molar-refractivity contribution in [2.24, 2.45) is 5.92 Å². The van der Waals surface area contributed by atoms with E-state index in [9.17, 15) is 19.2 Å². The molecule has 0 saturated carbocycles. The van der Waals surface area contributed by atoms with Gasteiger partial charge in [-0.05, 0) is 55.5 Å². The molecular formula is C28H33N7O5. The molecule has 0 radical (unpaired) electrons. The first kappa shape index (κ1) is 26.1. The summed E-state index contributed by atoms with van der Waals surface area (Å²) in [5.74, 6) is -1.07. The van der Waals surface area contributed by atoms with Crippen molar-refractivity contribution in [3.05, 3.63) is 58.6 Å². The number of piperidine rings is 2. The average Bonchev–Trinajstić information content (AvgIpc) is 3.29. The standard InChI is InChI=1S/C28H33N7O5/c36-25-6-5-23(26(37)29-25)35-28(40)34-12-9-22(17-24(34)30-35)33-15-13-31(14-16-33)18-19-7-10-32(11-8-19)21-3-1-20(2-4-21)27(38)39/h1-4,9,12,17,19,23H,5-8,10-11,13-16,18H2,(H,38,39)(H,29,36,37). The first-order valence-corrected chi connectivity index (χ1v) is 13.9. The van der Waals surface area contributed by atoms with Gasteiger partial charge in [0.1, 0.15) is 6.04 Å². The quantitative estimate of drug-likeness (QED) is 0.437. The van der Waals surface area contributed by atoms with E-state index in [2.05, 4.69) is 25.1 Å². The molecule has 1 aromatic carbocycles. The Labute approximate surface area is 230 Å². The molecular weight excluding hydrogens is 514 g/mol. The molecule has 1 unspecified atom stereocenters. The molecule has 6 rings (SSSR count). The normalized spacial score (nSPS) is 21.1. The number of carbonyl (C=O) groups is 3. The third-order valence-electron chi connectivity index (χ3n) is 8.38. The minimum absolute atomic E-state index is 0.188. The number of hydrogen-bond acceptors (Lipinski definition) is 8. The van der Waals surface area contributed by atoms with Gasteiger partial charge in [0.25, 0.3) is 5.91 Å². The highest BCUT2D eigenvalue weighted by atomic mass is 16.4. The molecule has 40 heavy (non-hydrogen) atoms. The Kier molecular flexibility index (Phi) is 7.01. The number of rotatable bonds is 6. The van der Waals surface area contributed by atoms with Gasteiger partial charge in [-0.25, -0.2) is 9.59 Å². The fourth-order valence-electron chi connectivity index (χ4n) is 6.04. The number of carboxylic acid groups (broad SMARTS) is 1. The number of aromatic carboxylic acids is 1. The van der Waals surface area contributed by atoms with Crippen molar-refractivity contribution in [2.45, 2.75) is 31.7 Å². The molecule has 0 bridgehead atoms. The predicted octanol–water partition coefficient (Wildman–Crippen LogP) is 1.21. The minimum Gasteiger partial charge on any atom is -0.478 e. The lowest BCUT2D eigenvalue weighted by Gasteiger charge is -2.40. The Morgan fingerprint density at radius 3 is 2.27 bits per heavy atom. The summed E-state index contributed by atoms with van der Waals surface area (Å²) in [5, 5.41) is 15.8. The van der Waals surface area contributed by atoms with Crippen LogP contribution in [0.15, 0.2) is 47.4 Å². The van der Waals surface area contributed by atoms with Crippen molar-refractivity contribution >= 4 is 34.8 Å². The van der Waals surface area contributed by atoms with Crippen molar-refractivity contribution in [3.63, 3.8) is 0 Å². The second-order valence-corrected chi connectivity index (χ2v) is 10.9. The van der Waals surface area contributed by atoms with Gasteiger partial charge in [-0.2, -0.15) is 4.68 Å². The van der Waals surface area contributed by atoms with Crippen LogP contribution in [0.5, 0.6) is 0 Å². The first-order chi connectivity index (χ1) is 19.4. The number of nitrogens with one attached hydrogen (secondary N) is 1. The number of aromatic nitrogens is 3. The van der Waals surface area contributed by atoms with Crippen LogP contribution in [-0.2, 0) is 9.59 Å². The molecule has 12 nitrogen and oxygen atoms in total. The molecule has 3 aliphatic rings. The molecule has 3 aromatic rings. The van der Waals surface area contributed by atoms with E-state index in [0.717, 1.165) is 70.0 Å². The van der Waals surface area contributed by atoms with E-state index in [-0.39, 0.29) is 24.4 Å². The largest absolute Gasteiger partial charge is 0.478 e. The monoisotopic (exact) mass is 547 g/mol. The summed E-state index contributed by atoms with van der Waals surface area (Å²) in [7, 11) is 0. The fourth-order valence-corrected chi connectivity index (χ4v) is 6.04. The number of imide groups is 1. The molecule has 210 valence electrons. The number of anilines is 2. The Bertz CT molecular complexity index is 1480. The second-order valence-electron chi connectivity index (χ2n) is 10.9. The van der Waals surface area contributed by atoms with Crippen molar-refractivity contribution in [1.29, 1.82) is 0 Å². The molecule has 3 saturated heterocycles. The maximum atomic E-state index is 12.9. The highest BCUT2D eigenvalue weighted by Crippen LogP contribution is 2.26. The van der Waals surface area contributed by atoms with Gasteiger partial charge in [0.2, 0.25) is 5.91 Å². The van der Waals surface area contributed by atoms with E-state index >= 15 is 0 Å². The molecule has 3 aliphatic heterocycles. The smallest absolute Gasteiger partial charge is 0.351 e. The fraction of sp³-hybridized carbons (Fsp3) is 0.464. The van der Waals surface area contributed by atoms with Crippen LogP contribution < -0.4 is 20.8 Å². The van der Waals surface area contributed by atoms with E-state index in [4.69, 9.17) is 5.11 Å². The van der Waals surface area contributed by atoms with Crippen molar-refractivity contribution in [3.8, 4) is 0 Å². The summed E-state index contributed by atoms with van der Waals surface area (Å²) in [6.45, 7) is 6.69. The zero-order valence-electron chi connectivity index (χ0n) is 22.2. The van der Waals surface area contributed by atoms with Crippen LogP contribution in [0.4, 0.5) is 11.4 Å². The van der Waals surface area contributed by atoms with Crippen LogP contribution >= 0.6 is 0 Å². The topological polar surface area (TPSA) is 132 Å². The van der Waals surface area contributed by atoms with Gasteiger partial charge in [0, 0.05) is 75.9 Å². The maximum absolute atomic E-state index is 12.9. The number of carbonyl (C=O) groups excluding carboxylic acids is 2. The van der Waals surface area contributed by atoms with Gasteiger partial charge in [-0.3, -0.25) is 24.2 Å². The Morgan fingerprint density at radius 1 is 0.900 bits per heavy atom. The zero-order chi connectivity index (χ0) is 27.8. The molecule has 5 heterocycles. The summed E-state index contributed by atoms with van der Waals surface area (Å²) in [6.07, 6.45) is 4.39. The SMILES string of the molecule is O=C1CCC(n2nc3cc(N4CCN(CC5CCN(c6ccc(C(=O)O)cc6)CC5)CC4)ccn3c2=O)C(=O)N1. The van der Waals surface area contributed by atoms with Crippen molar-refractivity contribution in [2.75, 3.05) is 55.6 Å². The van der Waals surface area contributed by atoms with E-state index in [1.165, 1.54) is 9.08 Å². The van der Waals surface area contributed by atoms with Gasteiger partial charge in [0.05, 0.1) is 5.56 Å². The minimum atomic E-state index is -0.901. The number of pyridine rings is 1. The maximum Gasteiger partial charge on any atom is 0.351 e. The third kappa shape index (κ3) is 5.18. The molecule has 12 heteroatoms. The molecule has 0 aliphatic carbocycles. The predicted molar refractivity (Wildman–Crippen MR) is 148 cm³/mol. The van der Waals surface area contributed by atoms with E-state index in [0.29, 0.717) is 17.1 Å². The summed E-state index contributed by atoms with van der Waals surface area (Å²) in [5.41, 5.74) is 2.49. The number of piperazine rings is 1. The summed E-state index contributed by atoms with van der Waals surface area (Å²) in [4.78, 5) is 54.9. The van der Waals surface area contributed by atoms with E-state index in [1.807, 2.05) is 24.3 Å². The highest BCUT2D eigenvalue weighted by molar-refractivity contribution is 5.99. The highest BCUT2D eigenvalue weighted by Gasteiger charge is 2.31. The zero-order valence-corrected chi connectivity index (χ0v) is 22.2. The molecule has 0 spiro atoms. The van der Waals surface area contributed by atoms with Gasteiger partial charge in [0.15, 0.2) is 5.65 Å². The molecule has 2 amide bonds. The number of amides is 2. The number of nitrogens with zero attached hydrogens (tertiary/aromatic N) is 6. The van der Waals surface area contributed by atoms with Crippen molar-refractivity contribution in [1.82, 2.24) is 24.4 Å². The van der Waals surface area contributed by atoms with E-state index in [1.54, 1.807) is 18.3 Å². The lowest BCUT2D eigenvalue weighted by molar-refractivity contribution is -0.136. The second kappa shape index (κ2) is 10.8. The number of carboxylic acids is 1. The summed E-state index contributed by atoms with van der Waals surface area (Å²) < 4.78 is 2.63. The lowest BCUT2D eigenvalue weighted by atomic mass is 9.95. The van der Waals surface area contributed by atoms with Crippen molar-refractivity contribution < 1.29 is 19.5 Å². The van der Waals surface area contributed by atoms with Crippen LogP contribution in [-0.4, -0.2) is 87.8 Å². The van der Waals surface area contributed by atoms with Gasteiger partial charge >= 0.3 is 11.7 Å². The lowest BCUT2D eigenvalue weighted by Crippen LogP contribution is -2.49. The van der Waals surface area contributed by atoms with Crippen LogP contribution in [0.1, 0.15) is 42.1 Å². The molecule has 2 aromatic heterocycles. The Hall–Kier alpha value is -4.19. The summed E-state index contributed by atoms with van der Waals surface area (Å²) in [6, 6.07) is 10.2. The van der Waals surface area contributed by atoms with Gasteiger partial charge in [-0.1, -0.05) is 0 Å². The molecule has 2 N–H and O–H groups in total. The number of benzene rings is 1. The van der Waals surface area contributed by atoms with Crippen LogP contribution in [0.2, 0.25) is 0 Å². The van der Waals surface area contributed by atoms with E-state index < -0.39 is 17.9 Å². The van der Waals surface area contributed by atoms with Crippen LogP contribution in [0.3, 0.4) is 0 Å². The average molecular weight is 548 g/mol. The Balaban J connectivity index is 1.02. The van der Waals surface area contributed by atoms with Crippen LogP contribution in [0.25, 0.3) is 5.65 Å². The molecule has 1 atom stereocenters. The Morgan fingerprint density at radius 2 is 1.60 bits per heavy atom. The molecule has 3 fully saturated rings. The number of fused-ring (bicyclic) bond motifs is 1.